The van der Waals surface area contributed by atoms with Gasteiger partial charge in [-0.2, -0.15) is 0 Å². The van der Waals surface area contributed by atoms with E-state index in [0.29, 0.717) is 13.1 Å². The van der Waals surface area contributed by atoms with Gasteiger partial charge in [-0.25, -0.2) is 14.2 Å². The number of aromatic nitrogens is 2. The highest BCUT2D eigenvalue weighted by atomic mass is 19.1. The quantitative estimate of drug-likeness (QED) is 0.889. The molecular weight excluding hydrogens is 295 g/mol. The van der Waals surface area contributed by atoms with Crippen molar-refractivity contribution in [1.29, 1.82) is 0 Å². The van der Waals surface area contributed by atoms with Crippen LogP contribution in [-0.2, 0) is 6.54 Å². The first-order chi connectivity index (χ1) is 11.0. The van der Waals surface area contributed by atoms with Crippen LogP contribution in [0.5, 0.6) is 0 Å². The zero-order valence-electron chi connectivity index (χ0n) is 13.7. The minimum atomic E-state index is -0.276. The number of benzene rings is 1. The molecule has 1 heterocycles. The summed E-state index contributed by atoms with van der Waals surface area (Å²) < 4.78 is 15.0. The highest BCUT2D eigenvalue weighted by molar-refractivity contribution is 5.75. The Labute approximate surface area is 136 Å². The van der Waals surface area contributed by atoms with Crippen molar-refractivity contribution in [3.8, 4) is 0 Å². The zero-order chi connectivity index (χ0) is 16.8. The van der Waals surface area contributed by atoms with Gasteiger partial charge in [0.25, 0.3) is 0 Å². The Morgan fingerprint density at radius 1 is 1.35 bits per heavy atom. The molecule has 0 unspecified atom stereocenters. The van der Waals surface area contributed by atoms with E-state index in [4.69, 9.17) is 0 Å². The van der Waals surface area contributed by atoms with Crippen LogP contribution in [0.3, 0.4) is 0 Å². The monoisotopic (exact) mass is 318 g/mol. The van der Waals surface area contributed by atoms with Crippen molar-refractivity contribution >= 4 is 6.03 Å². The van der Waals surface area contributed by atoms with E-state index in [9.17, 15) is 9.18 Å². The maximum absolute atomic E-state index is 13.0. The summed E-state index contributed by atoms with van der Waals surface area (Å²) in [6, 6.07) is 5.98. The number of carbonyl (C=O) groups is 1. The first-order valence-electron chi connectivity index (χ1n) is 7.79. The number of imidazole rings is 1. The molecule has 1 N–H and O–H groups in total. The molecule has 2 rings (SSSR count). The standard InChI is InChI=1S/C17H23FN4O/c1-4-22(14(3)15-5-7-16(18)8-6-15)17(23)20-13(2)11-21-10-9-19-12-21/h5-10,12-14H,4,11H2,1-3H3,(H,20,23)/t13-,14-/m0/s1. The third-order valence-electron chi connectivity index (χ3n) is 3.84. The molecule has 0 aliphatic rings. The number of nitrogens with one attached hydrogen (secondary N) is 1. The van der Waals surface area contributed by atoms with Crippen molar-refractivity contribution in [2.24, 2.45) is 0 Å². The lowest BCUT2D eigenvalue weighted by atomic mass is 10.1. The molecule has 2 amide bonds. The van der Waals surface area contributed by atoms with Gasteiger partial charge in [-0.1, -0.05) is 12.1 Å². The van der Waals surface area contributed by atoms with Crippen LogP contribution in [-0.4, -0.2) is 33.1 Å². The summed E-state index contributed by atoms with van der Waals surface area (Å²) in [5.41, 5.74) is 0.908. The number of nitrogens with zero attached hydrogens (tertiary/aromatic N) is 3. The topological polar surface area (TPSA) is 50.2 Å². The fraction of sp³-hybridized carbons (Fsp3) is 0.412. The first kappa shape index (κ1) is 17.0. The highest BCUT2D eigenvalue weighted by Gasteiger charge is 2.21. The van der Waals surface area contributed by atoms with Gasteiger partial charge < -0.3 is 14.8 Å². The normalized spacial score (nSPS) is 13.4. The maximum Gasteiger partial charge on any atom is 0.318 e. The molecule has 0 radical (unpaired) electrons. The van der Waals surface area contributed by atoms with Crippen molar-refractivity contribution in [1.82, 2.24) is 19.8 Å². The summed E-state index contributed by atoms with van der Waals surface area (Å²) in [4.78, 5) is 18.2. The number of amides is 2. The molecule has 0 bridgehead atoms. The lowest BCUT2D eigenvalue weighted by molar-refractivity contribution is 0.178. The summed E-state index contributed by atoms with van der Waals surface area (Å²) in [5.74, 6) is -0.276. The van der Waals surface area contributed by atoms with Gasteiger partial charge in [0.1, 0.15) is 5.82 Å². The molecule has 1 aromatic heterocycles. The minimum Gasteiger partial charge on any atom is -0.335 e. The molecular formula is C17H23FN4O. The first-order valence-corrected chi connectivity index (χ1v) is 7.79. The summed E-state index contributed by atoms with van der Waals surface area (Å²) >= 11 is 0. The van der Waals surface area contributed by atoms with Gasteiger partial charge in [0.2, 0.25) is 0 Å². The molecule has 0 saturated carbocycles. The van der Waals surface area contributed by atoms with Gasteiger partial charge in [-0.15, -0.1) is 0 Å². The Balaban J connectivity index is 1.98. The molecule has 0 aliphatic heterocycles. The van der Waals surface area contributed by atoms with E-state index in [1.165, 1.54) is 12.1 Å². The lowest BCUT2D eigenvalue weighted by Crippen LogP contribution is -2.46. The second kappa shape index (κ2) is 7.76. The number of hydrogen-bond acceptors (Lipinski definition) is 2. The number of carbonyl (C=O) groups excluding carboxylic acids is 1. The van der Waals surface area contributed by atoms with Crippen LogP contribution in [0.15, 0.2) is 43.0 Å². The molecule has 0 saturated heterocycles. The molecule has 0 spiro atoms. The Bertz CT molecular complexity index is 612. The minimum absolute atomic E-state index is 0.0221. The maximum atomic E-state index is 13.0. The van der Waals surface area contributed by atoms with Crippen LogP contribution >= 0.6 is 0 Å². The second-order valence-corrected chi connectivity index (χ2v) is 5.62. The smallest absolute Gasteiger partial charge is 0.318 e. The molecule has 6 heteroatoms. The number of urea groups is 1. The van der Waals surface area contributed by atoms with E-state index in [1.54, 1.807) is 29.6 Å². The fourth-order valence-corrected chi connectivity index (χ4v) is 2.56. The summed E-state index contributed by atoms with van der Waals surface area (Å²) in [7, 11) is 0. The van der Waals surface area contributed by atoms with E-state index in [2.05, 4.69) is 10.3 Å². The molecule has 2 atom stereocenters. The third-order valence-corrected chi connectivity index (χ3v) is 3.84. The van der Waals surface area contributed by atoms with Gasteiger partial charge in [0, 0.05) is 31.5 Å². The van der Waals surface area contributed by atoms with E-state index >= 15 is 0 Å². The lowest BCUT2D eigenvalue weighted by Gasteiger charge is -2.30. The van der Waals surface area contributed by atoms with Gasteiger partial charge in [0.15, 0.2) is 0 Å². The molecule has 23 heavy (non-hydrogen) atoms. The Hall–Kier alpha value is -2.37. The van der Waals surface area contributed by atoms with Crippen LogP contribution in [0.4, 0.5) is 9.18 Å². The van der Waals surface area contributed by atoms with Crippen molar-refractivity contribution in [2.75, 3.05) is 6.54 Å². The van der Waals surface area contributed by atoms with Crippen molar-refractivity contribution in [3.63, 3.8) is 0 Å². The van der Waals surface area contributed by atoms with E-state index in [1.807, 2.05) is 31.5 Å². The third kappa shape index (κ3) is 4.55. The molecule has 0 aliphatic carbocycles. The molecule has 2 aromatic rings. The van der Waals surface area contributed by atoms with E-state index in [-0.39, 0.29) is 23.9 Å². The largest absolute Gasteiger partial charge is 0.335 e. The molecule has 124 valence electrons. The van der Waals surface area contributed by atoms with E-state index in [0.717, 1.165) is 5.56 Å². The fourth-order valence-electron chi connectivity index (χ4n) is 2.56. The predicted octanol–water partition coefficient (Wildman–Crippen LogP) is 3.20. The SMILES string of the molecule is CCN(C(=O)N[C@@H](C)Cn1ccnc1)[C@@H](C)c1ccc(F)cc1. The average Bonchev–Trinajstić information content (AvgIpc) is 3.01. The Kier molecular flexibility index (Phi) is 5.73. The van der Waals surface area contributed by atoms with Crippen molar-refractivity contribution in [3.05, 3.63) is 54.4 Å². The molecule has 0 fully saturated rings. The number of rotatable bonds is 6. The average molecular weight is 318 g/mol. The van der Waals surface area contributed by atoms with E-state index < -0.39 is 0 Å². The van der Waals surface area contributed by atoms with Crippen molar-refractivity contribution < 1.29 is 9.18 Å². The second-order valence-electron chi connectivity index (χ2n) is 5.62. The summed E-state index contributed by atoms with van der Waals surface area (Å²) in [5, 5.41) is 3.00. The highest BCUT2D eigenvalue weighted by Crippen LogP contribution is 2.20. The van der Waals surface area contributed by atoms with Crippen LogP contribution in [0.25, 0.3) is 0 Å². The van der Waals surface area contributed by atoms with Gasteiger partial charge >= 0.3 is 6.03 Å². The Morgan fingerprint density at radius 3 is 2.61 bits per heavy atom. The Morgan fingerprint density at radius 2 is 2.04 bits per heavy atom. The van der Waals surface area contributed by atoms with Crippen LogP contribution in [0.2, 0.25) is 0 Å². The van der Waals surface area contributed by atoms with Crippen LogP contribution in [0.1, 0.15) is 32.4 Å². The number of halogens is 1. The van der Waals surface area contributed by atoms with Crippen LogP contribution in [0, 0.1) is 5.82 Å². The van der Waals surface area contributed by atoms with Crippen LogP contribution < -0.4 is 5.32 Å². The predicted molar refractivity (Wildman–Crippen MR) is 87.4 cm³/mol. The molecule has 1 aromatic carbocycles. The summed E-state index contributed by atoms with van der Waals surface area (Å²) in [6.45, 7) is 7.06. The molecule has 5 nitrogen and oxygen atoms in total. The zero-order valence-corrected chi connectivity index (χ0v) is 13.7. The number of hydrogen-bond donors (Lipinski definition) is 1. The summed E-state index contributed by atoms with van der Waals surface area (Å²) in [6.07, 6.45) is 5.30. The van der Waals surface area contributed by atoms with Gasteiger partial charge in [0.05, 0.1) is 12.4 Å². The van der Waals surface area contributed by atoms with Gasteiger partial charge in [-0.05, 0) is 38.5 Å². The van der Waals surface area contributed by atoms with Gasteiger partial charge in [-0.3, -0.25) is 0 Å². The van der Waals surface area contributed by atoms with Crippen molar-refractivity contribution in [2.45, 2.75) is 39.4 Å².